The van der Waals surface area contributed by atoms with Crippen molar-refractivity contribution >= 4 is 17.2 Å². The molecule has 0 radical (unpaired) electrons. The topological polar surface area (TPSA) is 51.7 Å². The highest BCUT2D eigenvalue weighted by Gasteiger charge is 2.21. The van der Waals surface area contributed by atoms with Crippen molar-refractivity contribution in [3.63, 3.8) is 0 Å². The van der Waals surface area contributed by atoms with Crippen LogP contribution in [0.3, 0.4) is 0 Å². The first-order valence-corrected chi connectivity index (χ1v) is 11.1. The molecule has 0 unspecified atom stereocenters. The molecule has 1 aromatic carbocycles. The Balaban J connectivity index is 1.50. The van der Waals surface area contributed by atoms with Crippen molar-refractivity contribution < 1.29 is 14.3 Å². The van der Waals surface area contributed by atoms with Crippen molar-refractivity contribution in [1.82, 2.24) is 9.88 Å². The average molecular weight is 423 g/mol. The Bertz CT molecular complexity index is 967. The Kier molecular flexibility index (Phi) is 6.77. The monoisotopic (exact) mass is 422 g/mol. The number of nitrogens with zero attached hydrogens (tertiary/aromatic N) is 2. The Morgan fingerprint density at radius 1 is 1.23 bits per heavy atom. The van der Waals surface area contributed by atoms with Gasteiger partial charge in [-0.2, -0.15) is 0 Å². The number of aryl methyl sites for hydroxylation is 1. The van der Waals surface area contributed by atoms with E-state index in [1.807, 2.05) is 65.7 Å². The van der Waals surface area contributed by atoms with Crippen LogP contribution in [-0.4, -0.2) is 35.6 Å². The Morgan fingerprint density at radius 2 is 2.17 bits per heavy atom. The SMILES string of the molecule is Cc1ccsc1C(=O)N(Cc1cccc(OC[C@@H]2CCOC2)c1)Cc1ccccn1. The van der Waals surface area contributed by atoms with E-state index >= 15 is 0 Å². The van der Waals surface area contributed by atoms with Crippen molar-refractivity contribution in [3.8, 4) is 5.75 Å². The lowest BCUT2D eigenvalue weighted by atomic mass is 10.1. The van der Waals surface area contributed by atoms with Crippen LogP contribution in [0.1, 0.15) is 32.9 Å². The minimum Gasteiger partial charge on any atom is -0.493 e. The molecular weight excluding hydrogens is 396 g/mol. The van der Waals surface area contributed by atoms with E-state index in [1.165, 1.54) is 11.3 Å². The standard InChI is InChI=1S/C24H26N2O3S/c1-18-9-12-30-23(18)24(27)26(15-21-6-2-3-10-25-21)14-19-5-4-7-22(13-19)29-17-20-8-11-28-16-20/h2-7,9-10,12-13,20H,8,11,14-17H2,1H3/t20-/m1/s1. The number of carbonyl (C=O) groups is 1. The van der Waals surface area contributed by atoms with Crippen LogP contribution in [-0.2, 0) is 17.8 Å². The second kappa shape index (κ2) is 9.87. The highest BCUT2D eigenvalue weighted by Crippen LogP contribution is 2.23. The molecule has 0 aliphatic carbocycles. The predicted molar refractivity (Wildman–Crippen MR) is 118 cm³/mol. The molecule has 1 amide bonds. The van der Waals surface area contributed by atoms with Crippen LogP contribution in [0.5, 0.6) is 5.75 Å². The van der Waals surface area contributed by atoms with Gasteiger partial charge in [0.15, 0.2) is 0 Å². The quantitative estimate of drug-likeness (QED) is 0.528. The minimum absolute atomic E-state index is 0.0302. The third kappa shape index (κ3) is 5.26. The molecule has 1 fully saturated rings. The van der Waals surface area contributed by atoms with Crippen LogP contribution in [0.2, 0.25) is 0 Å². The zero-order valence-corrected chi connectivity index (χ0v) is 17.9. The molecule has 0 saturated carbocycles. The molecular formula is C24H26N2O3S. The normalized spacial score (nSPS) is 15.8. The number of hydrogen-bond donors (Lipinski definition) is 0. The number of benzene rings is 1. The van der Waals surface area contributed by atoms with Crippen LogP contribution >= 0.6 is 11.3 Å². The van der Waals surface area contributed by atoms with Gasteiger partial charge in [0.25, 0.3) is 5.91 Å². The number of rotatable bonds is 8. The molecule has 0 spiro atoms. The largest absolute Gasteiger partial charge is 0.493 e. The molecule has 1 aliphatic heterocycles. The molecule has 3 aromatic rings. The fourth-order valence-electron chi connectivity index (χ4n) is 3.51. The molecule has 30 heavy (non-hydrogen) atoms. The van der Waals surface area contributed by atoms with E-state index in [0.717, 1.165) is 47.1 Å². The van der Waals surface area contributed by atoms with E-state index in [0.29, 0.717) is 25.6 Å². The lowest BCUT2D eigenvalue weighted by molar-refractivity contribution is 0.0732. The molecule has 0 bridgehead atoms. The predicted octanol–water partition coefficient (Wildman–Crippen LogP) is 4.71. The molecule has 1 atom stereocenters. The van der Waals surface area contributed by atoms with Gasteiger partial charge in [-0.25, -0.2) is 0 Å². The molecule has 1 aliphatic rings. The smallest absolute Gasteiger partial charge is 0.264 e. The number of hydrogen-bond acceptors (Lipinski definition) is 5. The number of carbonyl (C=O) groups excluding carboxylic acids is 1. The molecule has 1 saturated heterocycles. The summed E-state index contributed by atoms with van der Waals surface area (Å²) in [6, 6.07) is 15.8. The number of amides is 1. The van der Waals surface area contributed by atoms with E-state index < -0.39 is 0 Å². The van der Waals surface area contributed by atoms with Gasteiger partial charge in [0.05, 0.1) is 30.3 Å². The van der Waals surface area contributed by atoms with E-state index in [2.05, 4.69) is 4.98 Å². The fraction of sp³-hybridized carbons (Fsp3) is 0.333. The van der Waals surface area contributed by atoms with Gasteiger partial charge in [0.2, 0.25) is 0 Å². The second-order valence-corrected chi connectivity index (χ2v) is 8.52. The fourth-order valence-corrected chi connectivity index (χ4v) is 4.40. The number of pyridine rings is 1. The van der Waals surface area contributed by atoms with Gasteiger partial charge in [0.1, 0.15) is 5.75 Å². The Morgan fingerprint density at radius 3 is 2.90 bits per heavy atom. The summed E-state index contributed by atoms with van der Waals surface area (Å²) in [6.07, 6.45) is 2.81. The molecule has 4 rings (SSSR count). The molecule has 5 nitrogen and oxygen atoms in total. The second-order valence-electron chi connectivity index (χ2n) is 7.60. The first-order chi connectivity index (χ1) is 14.7. The van der Waals surface area contributed by atoms with Crippen LogP contribution in [0.4, 0.5) is 0 Å². The van der Waals surface area contributed by atoms with Crippen LogP contribution < -0.4 is 4.74 Å². The third-order valence-electron chi connectivity index (χ3n) is 5.20. The maximum Gasteiger partial charge on any atom is 0.264 e. The van der Waals surface area contributed by atoms with E-state index in [9.17, 15) is 4.79 Å². The zero-order valence-electron chi connectivity index (χ0n) is 17.1. The summed E-state index contributed by atoms with van der Waals surface area (Å²) in [5, 5.41) is 1.96. The van der Waals surface area contributed by atoms with Crippen LogP contribution in [0.15, 0.2) is 60.1 Å². The lowest BCUT2D eigenvalue weighted by Gasteiger charge is -2.23. The summed E-state index contributed by atoms with van der Waals surface area (Å²) < 4.78 is 11.4. The van der Waals surface area contributed by atoms with Gasteiger partial charge in [-0.05, 0) is 60.2 Å². The maximum atomic E-state index is 13.3. The summed E-state index contributed by atoms with van der Waals surface area (Å²) in [6.45, 7) is 5.18. The molecule has 6 heteroatoms. The van der Waals surface area contributed by atoms with E-state index in [-0.39, 0.29) is 5.91 Å². The van der Waals surface area contributed by atoms with Crippen molar-refractivity contribution in [2.45, 2.75) is 26.4 Å². The number of ether oxygens (including phenoxy) is 2. The minimum atomic E-state index is 0.0302. The summed E-state index contributed by atoms with van der Waals surface area (Å²) >= 11 is 1.48. The van der Waals surface area contributed by atoms with Crippen LogP contribution in [0, 0.1) is 12.8 Å². The first kappa shape index (κ1) is 20.6. The molecule has 3 heterocycles. The summed E-state index contributed by atoms with van der Waals surface area (Å²) in [5.74, 6) is 1.32. The third-order valence-corrected chi connectivity index (χ3v) is 6.21. The lowest BCUT2D eigenvalue weighted by Crippen LogP contribution is -2.30. The summed E-state index contributed by atoms with van der Waals surface area (Å²) in [4.78, 5) is 20.3. The van der Waals surface area contributed by atoms with Gasteiger partial charge in [0, 0.05) is 25.3 Å². The maximum absolute atomic E-state index is 13.3. The van der Waals surface area contributed by atoms with Crippen molar-refractivity contribution in [2.75, 3.05) is 19.8 Å². The molecule has 0 N–H and O–H groups in total. The van der Waals surface area contributed by atoms with E-state index in [1.54, 1.807) is 6.20 Å². The van der Waals surface area contributed by atoms with Crippen LogP contribution in [0.25, 0.3) is 0 Å². The number of thiophene rings is 1. The van der Waals surface area contributed by atoms with Gasteiger partial charge < -0.3 is 14.4 Å². The van der Waals surface area contributed by atoms with E-state index in [4.69, 9.17) is 9.47 Å². The average Bonchev–Trinajstić information content (AvgIpc) is 3.44. The highest BCUT2D eigenvalue weighted by molar-refractivity contribution is 7.12. The van der Waals surface area contributed by atoms with Crippen molar-refractivity contribution in [1.29, 1.82) is 0 Å². The Hall–Kier alpha value is -2.70. The van der Waals surface area contributed by atoms with Crippen molar-refractivity contribution in [3.05, 3.63) is 81.8 Å². The van der Waals surface area contributed by atoms with Gasteiger partial charge in [-0.1, -0.05) is 18.2 Å². The molecule has 156 valence electrons. The van der Waals surface area contributed by atoms with Crippen molar-refractivity contribution in [2.24, 2.45) is 5.92 Å². The number of aromatic nitrogens is 1. The molecule has 2 aromatic heterocycles. The van der Waals surface area contributed by atoms with Gasteiger partial charge >= 0.3 is 0 Å². The first-order valence-electron chi connectivity index (χ1n) is 10.2. The highest BCUT2D eigenvalue weighted by atomic mass is 32.1. The Labute approximate surface area is 181 Å². The van der Waals surface area contributed by atoms with Gasteiger partial charge in [-0.15, -0.1) is 11.3 Å². The summed E-state index contributed by atoms with van der Waals surface area (Å²) in [7, 11) is 0. The summed E-state index contributed by atoms with van der Waals surface area (Å²) in [5.41, 5.74) is 2.91. The zero-order chi connectivity index (χ0) is 20.8. The van der Waals surface area contributed by atoms with Gasteiger partial charge in [-0.3, -0.25) is 9.78 Å².